The van der Waals surface area contributed by atoms with Crippen LogP contribution in [0.15, 0.2) is 48.5 Å². The van der Waals surface area contributed by atoms with Gasteiger partial charge in [0, 0.05) is 17.4 Å². The second-order valence-corrected chi connectivity index (χ2v) is 6.75. The van der Waals surface area contributed by atoms with Crippen LogP contribution in [-0.4, -0.2) is 45.2 Å². The van der Waals surface area contributed by atoms with Crippen LogP contribution in [-0.2, 0) is 4.79 Å². The van der Waals surface area contributed by atoms with Crippen LogP contribution in [0.2, 0.25) is 0 Å². The van der Waals surface area contributed by atoms with Crippen LogP contribution in [0.25, 0.3) is 0 Å². The van der Waals surface area contributed by atoms with Crippen molar-refractivity contribution in [2.24, 2.45) is 0 Å². The lowest BCUT2D eigenvalue weighted by Crippen LogP contribution is -3.19. The highest BCUT2D eigenvalue weighted by molar-refractivity contribution is 5.93. The highest BCUT2D eigenvalue weighted by Gasteiger charge is 2.29. The maximum Gasteiger partial charge on any atom is 0.282 e. The summed E-state index contributed by atoms with van der Waals surface area (Å²) in [5, 5.41) is 11.8. The maximum atomic E-state index is 12.6. The number of methoxy groups -OCH3 is 1. The molecule has 2 aromatic carbocycles. The van der Waals surface area contributed by atoms with Crippen molar-refractivity contribution in [3.05, 3.63) is 54.1 Å². The molecule has 0 bridgehead atoms. The van der Waals surface area contributed by atoms with Crippen molar-refractivity contribution in [1.29, 1.82) is 5.26 Å². The molecule has 27 heavy (non-hydrogen) atoms. The lowest BCUT2D eigenvalue weighted by molar-refractivity contribution is -0.914. The highest BCUT2D eigenvalue weighted by atomic mass is 16.5. The summed E-state index contributed by atoms with van der Waals surface area (Å²) >= 11 is 0. The van der Waals surface area contributed by atoms with Crippen LogP contribution in [0.5, 0.6) is 5.75 Å². The fraction of sp³-hybridized carbons (Fsp3) is 0.333. The van der Waals surface area contributed by atoms with Gasteiger partial charge in [0.2, 0.25) is 0 Å². The zero-order valence-electron chi connectivity index (χ0n) is 15.7. The van der Waals surface area contributed by atoms with Gasteiger partial charge in [-0.1, -0.05) is 6.07 Å². The number of hydrogen-bond donors (Lipinski definition) is 2. The van der Waals surface area contributed by atoms with E-state index in [2.05, 4.69) is 22.4 Å². The first-order valence-corrected chi connectivity index (χ1v) is 9.15. The number of nitriles is 1. The van der Waals surface area contributed by atoms with Gasteiger partial charge in [0.1, 0.15) is 5.75 Å². The molecule has 1 amide bonds. The molecule has 0 spiro atoms. The Balaban J connectivity index is 1.54. The maximum absolute atomic E-state index is 12.6. The van der Waals surface area contributed by atoms with Gasteiger partial charge in [-0.2, -0.15) is 5.26 Å². The fourth-order valence-corrected chi connectivity index (χ4v) is 3.36. The van der Waals surface area contributed by atoms with E-state index in [0.717, 1.165) is 43.3 Å². The minimum atomic E-state index is -0.131. The Hall–Kier alpha value is -3.04. The Morgan fingerprint density at radius 2 is 1.93 bits per heavy atom. The average Bonchev–Trinajstić information content (AvgIpc) is 2.74. The second kappa shape index (κ2) is 8.56. The van der Waals surface area contributed by atoms with E-state index in [4.69, 9.17) is 10.00 Å². The van der Waals surface area contributed by atoms with E-state index >= 15 is 0 Å². The van der Waals surface area contributed by atoms with E-state index < -0.39 is 0 Å². The number of amides is 1. The number of piperazine rings is 1. The molecule has 1 saturated heterocycles. The molecule has 0 unspecified atom stereocenters. The van der Waals surface area contributed by atoms with Gasteiger partial charge in [-0.3, -0.25) is 4.79 Å². The Kier molecular flexibility index (Phi) is 5.94. The number of ether oxygens (including phenoxy) is 1. The van der Waals surface area contributed by atoms with Gasteiger partial charge in [-0.05, 0) is 43.3 Å². The zero-order chi connectivity index (χ0) is 19.2. The molecule has 0 saturated carbocycles. The summed E-state index contributed by atoms with van der Waals surface area (Å²) in [6.07, 6.45) is 0. The average molecular weight is 365 g/mol. The van der Waals surface area contributed by atoms with Crippen molar-refractivity contribution in [3.8, 4) is 11.8 Å². The standard InChI is InChI=1S/C21H24N4O2/c1-16(21(26)23-18-8-6-17(15-22)7-9-18)24-10-12-25(13-11-24)19-4-3-5-20(14-19)27-2/h3-9,14,16H,10-13H2,1-2H3,(H,23,26)/p+1/t16-/m0/s1. The predicted molar refractivity (Wildman–Crippen MR) is 105 cm³/mol. The van der Waals surface area contributed by atoms with Gasteiger partial charge < -0.3 is 19.9 Å². The smallest absolute Gasteiger partial charge is 0.282 e. The van der Waals surface area contributed by atoms with Crippen molar-refractivity contribution in [3.63, 3.8) is 0 Å². The van der Waals surface area contributed by atoms with Gasteiger partial charge in [-0.25, -0.2) is 0 Å². The van der Waals surface area contributed by atoms with E-state index in [1.54, 1.807) is 31.4 Å². The summed E-state index contributed by atoms with van der Waals surface area (Å²) in [7, 11) is 1.68. The summed E-state index contributed by atoms with van der Waals surface area (Å²) in [6, 6.07) is 17.0. The summed E-state index contributed by atoms with van der Waals surface area (Å²) in [5.74, 6) is 0.863. The Morgan fingerprint density at radius 3 is 2.56 bits per heavy atom. The SMILES string of the molecule is COc1cccc(N2CC[NH+]([C@@H](C)C(=O)Nc3ccc(C#N)cc3)CC2)c1. The molecule has 1 heterocycles. The minimum Gasteiger partial charge on any atom is -0.497 e. The van der Waals surface area contributed by atoms with Crippen LogP contribution in [0, 0.1) is 11.3 Å². The summed E-state index contributed by atoms with van der Waals surface area (Å²) < 4.78 is 5.31. The summed E-state index contributed by atoms with van der Waals surface area (Å²) in [4.78, 5) is 16.2. The molecular weight excluding hydrogens is 340 g/mol. The third kappa shape index (κ3) is 4.57. The third-order valence-corrected chi connectivity index (χ3v) is 5.11. The topological polar surface area (TPSA) is 69.8 Å². The Bertz CT molecular complexity index is 821. The van der Waals surface area contributed by atoms with Crippen molar-refractivity contribution in [2.45, 2.75) is 13.0 Å². The molecule has 1 aliphatic rings. The van der Waals surface area contributed by atoms with E-state index in [9.17, 15) is 4.79 Å². The molecule has 6 nitrogen and oxygen atoms in total. The number of carbonyl (C=O) groups is 1. The van der Waals surface area contributed by atoms with Crippen molar-refractivity contribution in [2.75, 3.05) is 43.5 Å². The Labute approximate surface area is 160 Å². The van der Waals surface area contributed by atoms with E-state index in [1.807, 2.05) is 25.1 Å². The lowest BCUT2D eigenvalue weighted by Gasteiger charge is -2.36. The monoisotopic (exact) mass is 365 g/mol. The molecule has 3 rings (SSSR count). The second-order valence-electron chi connectivity index (χ2n) is 6.75. The van der Waals surface area contributed by atoms with Crippen LogP contribution in [0.4, 0.5) is 11.4 Å². The summed E-state index contributed by atoms with van der Waals surface area (Å²) in [6.45, 7) is 5.57. The van der Waals surface area contributed by atoms with Crippen molar-refractivity contribution < 1.29 is 14.4 Å². The highest BCUT2D eigenvalue weighted by Crippen LogP contribution is 2.20. The number of carbonyl (C=O) groups excluding carboxylic acids is 1. The lowest BCUT2D eigenvalue weighted by atomic mass is 10.1. The molecule has 2 N–H and O–H groups in total. The number of nitrogens with zero attached hydrogens (tertiary/aromatic N) is 2. The first-order valence-electron chi connectivity index (χ1n) is 9.15. The number of anilines is 2. The molecule has 1 aliphatic heterocycles. The molecule has 0 aromatic heterocycles. The van der Waals surface area contributed by atoms with Gasteiger partial charge in [0.25, 0.3) is 5.91 Å². The molecule has 2 aromatic rings. The number of benzene rings is 2. The number of rotatable bonds is 5. The number of hydrogen-bond acceptors (Lipinski definition) is 4. The zero-order valence-corrected chi connectivity index (χ0v) is 15.7. The molecule has 1 atom stereocenters. The van der Waals surface area contributed by atoms with E-state index in [0.29, 0.717) is 5.56 Å². The van der Waals surface area contributed by atoms with Gasteiger partial charge in [0.05, 0.1) is 44.9 Å². The quantitative estimate of drug-likeness (QED) is 0.838. The van der Waals surface area contributed by atoms with Crippen LogP contribution in [0.1, 0.15) is 12.5 Å². The fourth-order valence-electron chi connectivity index (χ4n) is 3.36. The third-order valence-electron chi connectivity index (χ3n) is 5.11. The van der Waals surface area contributed by atoms with E-state index in [-0.39, 0.29) is 11.9 Å². The van der Waals surface area contributed by atoms with E-state index in [1.165, 1.54) is 4.90 Å². The molecule has 6 heteroatoms. The molecule has 1 fully saturated rings. The van der Waals surface area contributed by atoms with Crippen LogP contribution < -0.4 is 19.9 Å². The van der Waals surface area contributed by atoms with Crippen LogP contribution >= 0.6 is 0 Å². The van der Waals surface area contributed by atoms with Crippen LogP contribution in [0.3, 0.4) is 0 Å². The van der Waals surface area contributed by atoms with Gasteiger partial charge in [-0.15, -0.1) is 0 Å². The normalized spacial score (nSPS) is 15.7. The minimum absolute atomic E-state index is 0.00420. The van der Waals surface area contributed by atoms with Crippen molar-refractivity contribution >= 4 is 17.3 Å². The molecule has 0 radical (unpaired) electrons. The van der Waals surface area contributed by atoms with Gasteiger partial charge >= 0.3 is 0 Å². The predicted octanol–water partition coefficient (Wildman–Crippen LogP) is 1.30. The van der Waals surface area contributed by atoms with Crippen molar-refractivity contribution in [1.82, 2.24) is 0 Å². The summed E-state index contributed by atoms with van der Waals surface area (Å²) in [5.41, 5.74) is 2.46. The Morgan fingerprint density at radius 1 is 1.22 bits per heavy atom. The first-order chi connectivity index (χ1) is 13.1. The molecule has 140 valence electrons. The van der Waals surface area contributed by atoms with Gasteiger partial charge in [0.15, 0.2) is 6.04 Å². The number of nitrogens with one attached hydrogen (secondary N) is 2. The molecular formula is C21H25N4O2+. The first kappa shape index (κ1) is 18.7. The molecule has 0 aliphatic carbocycles. The number of quaternary nitrogens is 1. The largest absolute Gasteiger partial charge is 0.497 e.